The molecule has 0 aliphatic rings. The minimum atomic E-state index is 0.209. The quantitative estimate of drug-likeness (QED) is 0.820. The van der Waals surface area contributed by atoms with E-state index in [4.69, 9.17) is 0 Å². The first-order valence-electron chi connectivity index (χ1n) is 6.13. The van der Waals surface area contributed by atoms with Crippen molar-refractivity contribution in [3.8, 4) is 0 Å². The van der Waals surface area contributed by atoms with Gasteiger partial charge in [-0.25, -0.2) is 0 Å². The fourth-order valence-corrected chi connectivity index (χ4v) is 2.02. The molecule has 2 nitrogen and oxygen atoms in total. The molecule has 1 aromatic carbocycles. The third-order valence-electron chi connectivity index (χ3n) is 2.99. The van der Waals surface area contributed by atoms with Gasteiger partial charge in [-0.2, -0.15) is 0 Å². The molecule has 0 spiro atoms. The van der Waals surface area contributed by atoms with Gasteiger partial charge in [-0.1, -0.05) is 29.8 Å². The van der Waals surface area contributed by atoms with Crippen molar-refractivity contribution in [1.82, 2.24) is 4.98 Å². The summed E-state index contributed by atoms with van der Waals surface area (Å²) in [6.45, 7) is 4.11. The van der Waals surface area contributed by atoms with Crippen LogP contribution in [-0.4, -0.2) is 10.8 Å². The van der Waals surface area contributed by atoms with Crippen LogP contribution in [0.2, 0.25) is 0 Å². The fourth-order valence-electron chi connectivity index (χ4n) is 2.02. The lowest BCUT2D eigenvalue weighted by molar-refractivity contribution is -0.117. The van der Waals surface area contributed by atoms with Crippen LogP contribution in [0.1, 0.15) is 22.4 Å². The smallest absolute Gasteiger partial charge is 0.143 e. The number of ketones is 1. The first-order chi connectivity index (χ1) is 8.65. The zero-order valence-electron chi connectivity index (χ0n) is 10.8. The molecule has 0 fully saturated rings. The number of carbonyl (C=O) groups is 1. The number of hydrogen-bond acceptors (Lipinski definition) is 2. The number of pyridine rings is 1. The molecule has 0 N–H and O–H groups in total. The van der Waals surface area contributed by atoms with Gasteiger partial charge in [0.2, 0.25) is 0 Å². The zero-order valence-corrected chi connectivity index (χ0v) is 10.8. The van der Waals surface area contributed by atoms with Crippen molar-refractivity contribution >= 4 is 5.78 Å². The van der Waals surface area contributed by atoms with E-state index in [0.717, 1.165) is 11.3 Å². The molecule has 0 saturated carbocycles. The molecule has 0 unspecified atom stereocenters. The topological polar surface area (TPSA) is 30.0 Å². The largest absolute Gasteiger partial charge is 0.299 e. The number of Topliss-reactive ketones (excluding diaryl/α,β-unsaturated/α-hetero) is 1. The van der Waals surface area contributed by atoms with Crippen LogP contribution >= 0.6 is 0 Å². The molecule has 92 valence electrons. The van der Waals surface area contributed by atoms with Gasteiger partial charge in [-0.15, -0.1) is 0 Å². The maximum Gasteiger partial charge on any atom is 0.143 e. The summed E-state index contributed by atoms with van der Waals surface area (Å²) in [4.78, 5) is 16.2. The van der Waals surface area contributed by atoms with Crippen molar-refractivity contribution in [2.24, 2.45) is 0 Å². The van der Waals surface area contributed by atoms with Crippen LogP contribution < -0.4 is 0 Å². The predicted octanol–water partition coefficient (Wildman–Crippen LogP) is 3.05. The van der Waals surface area contributed by atoms with Crippen LogP contribution in [0.4, 0.5) is 0 Å². The number of aryl methyl sites for hydroxylation is 2. The van der Waals surface area contributed by atoms with E-state index in [2.05, 4.69) is 31.0 Å². The second-order valence-corrected chi connectivity index (χ2v) is 4.64. The van der Waals surface area contributed by atoms with Crippen molar-refractivity contribution in [1.29, 1.82) is 0 Å². The second kappa shape index (κ2) is 5.58. The highest BCUT2D eigenvalue weighted by Gasteiger charge is 2.07. The van der Waals surface area contributed by atoms with Gasteiger partial charge in [0.15, 0.2) is 0 Å². The number of rotatable bonds is 4. The van der Waals surface area contributed by atoms with Crippen molar-refractivity contribution in [3.63, 3.8) is 0 Å². The maximum atomic E-state index is 12.0. The molecule has 18 heavy (non-hydrogen) atoms. The molecule has 2 aromatic rings. The Labute approximate surface area is 108 Å². The summed E-state index contributed by atoms with van der Waals surface area (Å²) in [5, 5.41) is 0. The highest BCUT2D eigenvalue weighted by Crippen LogP contribution is 2.12. The van der Waals surface area contributed by atoms with Crippen molar-refractivity contribution < 1.29 is 4.79 Å². The van der Waals surface area contributed by atoms with Gasteiger partial charge < -0.3 is 0 Å². The van der Waals surface area contributed by atoms with Gasteiger partial charge in [0.05, 0.1) is 0 Å². The summed E-state index contributed by atoms with van der Waals surface area (Å²) < 4.78 is 0. The molecule has 2 rings (SSSR count). The molecule has 1 aromatic heterocycles. The number of carbonyl (C=O) groups excluding carboxylic acids is 1. The number of aromatic nitrogens is 1. The van der Waals surface area contributed by atoms with E-state index in [1.54, 1.807) is 6.20 Å². The van der Waals surface area contributed by atoms with Crippen LogP contribution in [0, 0.1) is 13.8 Å². The Kier molecular flexibility index (Phi) is 3.88. The lowest BCUT2D eigenvalue weighted by Crippen LogP contribution is -2.08. The van der Waals surface area contributed by atoms with E-state index < -0.39 is 0 Å². The highest BCUT2D eigenvalue weighted by atomic mass is 16.1. The third-order valence-corrected chi connectivity index (χ3v) is 2.99. The molecule has 1 heterocycles. The summed E-state index contributed by atoms with van der Waals surface area (Å²) in [5.74, 6) is 0.209. The first kappa shape index (κ1) is 12.5. The summed E-state index contributed by atoms with van der Waals surface area (Å²) in [7, 11) is 0. The number of nitrogens with zero attached hydrogens (tertiary/aromatic N) is 1. The fraction of sp³-hybridized carbons (Fsp3) is 0.250. The Morgan fingerprint density at radius 3 is 2.61 bits per heavy atom. The van der Waals surface area contributed by atoms with E-state index >= 15 is 0 Å². The van der Waals surface area contributed by atoms with Gasteiger partial charge in [0.1, 0.15) is 5.78 Å². The Bertz CT molecular complexity index is 546. The summed E-state index contributed by atoms with van der Waals surface area (Å²) in [6.07, 6.45) is 2.62. The van der Waals surface area contributed by atoms with Gasteiger partial charge in [-0.3, -0.25) is 9.78 Å². The van der Waals surface area contributed by atoms with E-state index in [1.165, 1.54) is 11.1 Å². The Morgan fingerprint density at radius 1 is 1.11 bits per heavy atom. The Hall–Kier alpha value is -1.96. The Balaban J connectivity index is 2.03. The number of benzene rings is 1. The minimum Gasteiger partial charge on any atom is -0.299 e. The van der Waals surface area contributed by atoms with E-state index in [0.29, 0.717) is 12.8 Å². The first-order valence-corrected chi connectivity index (χ1v) is 6.13. The zero-order chi connectivity index (χ0) is 13.0. The lowest BCUT2D eigenvalue weighted by Gasteiger charge is -2.06. The highest BCUT2D eigenvalue weighted by molar-refractivity contribution is 5.83. The summed E-state index contributed by atoms with van der Waals surface area (Å²) >= 11 is 0. The van der Waals surface area contributed by atoms with Crippen molar-refractivity contribution in [2.45, 2.75) is 26.7 Å². The average Bonchev–Trinajstić information content (AvgIpc) is 2.34. The normalized spacial score (nSPS) is 10.3. The molecule has 0 bridgehead atoms. The molecule has 2 heteroatoms. The Morgan fingerprint density at radius 2 is 1.94 bits per heavy atom. The van der Waals surface area contributed by atoms with Crippen LogP contribution in [0.5, 0.6) is 0 Å². The SMILES string of the molecule is Cc1ccc(CC(=O)Cc2ccccn2)c(C)c1. The van der Waals surface area contributed by atoms with Crippen LogP contribution in [0.25, 0.3) is 0 Å². The monoisotopic (exact) mass is 239 g/mol. The van der Waals surface area contributed by atoms with Crippen molar-refractivity contribution in [3.05, 3.63) is 65.0 Å². The maximum absolute atomic E-state index is 12.0. The van der Waals surface area contributed by atoms with Crippen LogP contribution in [0.3, 0.4) is 0 Å². The molecule has 0 amide bonds. The molecular formula is C16H17NO. The van der Waals surface area contributed by atoms with E-state index in [9.17, 15) is 4.79 Å². The lowest BCUT2D eigenvalue weighted by atomic mass is 9.99. The molecule has 0 radical (unpaired) electrons. The molecule has 0 saturated heterocycles. The van der Waals surface area contributed by atoms with Gasteiger partial charge in [0, 0.05) is 24.7 Å². The van der Waals surface area contributed by atoms with E-state index in [-0.39, 0.29) is 5.78 Å². The number of hydrogen-bond donors (Lipinski definition) is 0. The van der Waals surface area contributed by atoms with Crippen LogP contribution in [-0.2, 0) is 17.6 Å². The summed E-state index contributed by atoms with van der Waals surface area (Å²) in [6, 6.07) is 11.9. The standard InChI is InChI=1S/C16H17NO/c1-12-6-7-14(13(2)9-12)10-16(18)11-15-5-3-4-8-17-15/h3-9H,10-11H2,1-2H3. The second-order valence-electron chi connectivity index (χ2n) is 4.64. The van der Waals surface area contributed by atoms with Gasteiger partial charge >= 0.3 is 0 Å². The van der Waals surface area contributed by atoms with E-state index in [1.807, 2.05) is 24.3 Å². The molecule has 0 aliphatic heterocycles. The molecule has 0 aliphatic carbocycles. The average molecular weight is 239 g/mol. The van der Waals surface area contributed by atoms with Crippen LogP contribution in [0.15, 0.2) is 42.6 Å². The van der Waals surface area contributed by atoms with Gasteiger partial charge in [-0.05, 0) is 37.1 Å². The van der Waals surface area contributed by atoms with Gasteiger partial charge in [0.25, 0.3) is 0 Å². The predicted molar refractivity (Wildman–Crippen MR) is 72.6 cm³/mol. The minimum absolute atomic E-state index is 0.209. The summed E-state index contributed by atoms with van der Waals surface area (Å²) in [5.41, 5.74) is 4.37. The molecule has 0 atom stereocenters. The van der Waals surface area contributed by atoms with Crippen molar-refractivity contribution in [2.75, 3.05) is 0 Å². The molecular weight excluding hydrogens is 222 g/mol. The third kappa shape index (κ3) is 3.27.